The molecule has 2 aromatic rings. The van der Waals surface area contributed by atoms with E-state index in [1.807, 2.05) is 0 Å². The van der Waals surface area contributed by atoms with Crippen molar-refractivity contribution in [3.8, 4) is 0 Å². The van der Waals surface area contributed by atoms with Gasteiger partial charge in [0.1, 0.15) is 0 Å². The number of amides is 1. The van der Waals surface area contributed by atoms with Crippen LogP contribution in [0.15, 0.2) is 41.6 Å². The summed E-state index contributed by atoms with van der Waals surface area (Å²) in [6, 6.07) is 6.99. The number of hydrogen-bond donors (Lipinski definition) is 1. The van der Waals surface area contributed by atoms with Crippen LogP contribution in [0.1, 0.15) is 15.9 Å². The molecule has 1 fully saturated rings. The monoisotopic (exact) mass is 368 g/mol. The first-order chi connectivity index (χ1) is 11.8. The minimum Gasteiger partial charge on any atom is -0.337 e. The highest BCUT2D eigenvalue weighted by Gasteiger charge is 2.32. The second-order valence-electron chi connectivity index (χ2n) is 5.60. The maximum atomic E-state index is 12.5. The van der Waals surface area contributed by atoms with Crippen molar-refractivity contribution in [2.45, 2.75) is 11.1 Å². The first-order valence-electron chi connectivity index (χ1n) is 7.57. The van der Waals surface area contributed by atoms with E-state index in [0.29, 0.717) is 36.6 Å². The quantitative estimate of drug-likeness (QED) is 0.829. The molecular formula is C16H15F3N4OS. The number of carbonyl (C=O) groups excluding carboxylic acids is 1. The first kappa shape index (κ1) is 17.5. The summed E-state index contributed by atoms with van der Waals surface area (Å²) in [6.07, 6.45) is -2.90. The van der Waals surface area contributed by atoms with Crippen LogP contribution in [0.5, 0.6) is 0 Å². The van der Waals surface area contributed by atoms with E-state index >= 15 is 0 Å². The van der Waals surface area contributed by atoms with Crippen LogP contribution in [0, 0.1) is 0 Å². The van der Waals surface area contributed by atoms with Crippen LogP contribution in [-0.4, -0.2) is 47.0 Å². The third-order valence-corrected chi connectivity index (χ3v) is 4.19. The molecule has 1 aliphatic rings. The van der Waals surface area contributed by atoms with E-state index in [1.54, 1.807) is 34.1 Å². The van der Waals surface area contributed by atoms with Gasteiger partial charge in [-0.15, -0.1) is 12.6 Å². The molecular weight excluding hydrogens is 353 g/mol. The van der Waals surface area contributed by atoms with Crippen LogP contribution in [0.4, 0.5) is 19.1 Å². The fourth-order valence-electron chi connectivity index (χ4n) is 2.56. The average Bonchev–Trinajstić information content (AvgIpc) is 2.61. The van der Waals surface area contributed by atoms with Crippen molar-refractivity contribution < 1.29 is 18.0 Å². The Morgan fingerprint density at radius 2 is 1.72 bits per heavy atom. The molecule has 9 heteroatoms. The van der Waals surface area contributed by atoms with Gasteiger partial charge in [-0.3, -0.25) is 4.79 Å². The van der Waals surface area contributed by atoms with E-state index in [2.05, 4.69) is 22.6 Å². The molecule has 1 saturated heterocycles. The number of rotatable bonds is 2. The van der Waals surface area contributed by atoms with Crippen LogP contribution < -0.4 is 4.90 Å². The number of nitrogens with zero attached hydrogens (tertiary/aromatic N) is 4. The van der Waals surface area contributed by atoms with Crippen molar-refractivity contribution in [2.24, 2.45) is 0 Å². The highest BCUT2D eigenvalue weighted by atomic mass is 32.1. The number of anilines is 1. The van der Waals surface area contributed by atoms with Gasteiger partial charge in [-0.25, -0.2) is 9.97 Å². The summed E-state index contributed by atoms with van der Waals surface area (Å²) in [5, 5.41) is 0. The van der Waals surface area contributed by atoms with Gasteiger partial charge in [0.05, 0.1) is 5.56 Å². The lowest BCUT2D eigenvalue weighted by Gasteiger charge is -2.34. The lowest BCUT2D eigenvalue weighted by atomic mass is 10.2. The van der Waals surface area contributed by atoms with Gasteiger partial charge in [0.2, 0.25) is 5.95 Å². The zero-order valence-electron chi connectivity index (χ0n) is 13.1. The standard InChI is InChI=1S/C16H15F3N4OS/c17-16(18,19)12-9-20-15(21-10-12)23-6-4-22(5-7-23)14(24)11-2-1-3-13(25)8-11/h1-3,8-10,25H,4-7H2. The van der Waals surface area contributed by atoms with Gasteiger partial charge in [0.15, 0.2) is 0 Å². The highest BCUT2D eigenvalue weighted by Crippen LogP contribution is 2.28. The van der Waals surface area contributed by atoms with Crippen LogP contribution in [0.3, 0.4) is 0 Å². The first-order valence-corrected chi connectivity index (χ1v) is 8.02. The topological polar surface area (TPSA) is 49.3 Å². The molecule has 0 spiro atoms. The average molecular weight is 368 g/mol. The number of halogens is 3. The predicted octanol–water partition coefficient (Wildman–Crippen LogP) is 2.75. The van der Waals surface area contributed by atoms with Crippen molar-refractivity contribution in [3.63, 3.8) is 0 Å². The van der Waals surface area contributed by atoms with E-state index < -0.39 is 11.7 Å². The molecule has 0 aliphatic carbocycles. The summed E-state index contributed by atoms with van der Waals surface area (Å²) in [5.74, 6) is 0.140. The molecule has 0 atom stereocenters. The van der Waals surface area contributed by atoms with Crippen molar-refractivity contribution in [2.75, 3.05) is 31.1 Å². The number of thiol groups is 1. The third-order valence-electron chi connectivity index (χ3n) is 3.91. The molecule has 0 radical (unpaired) electrons. The van der Waals surface area contributed by atoms with E-state index in [9.17, 15) is 18.0 Å². The SMILES string of the molecule is O=C(c1cccc(S)c1)N1CCN(c2ncc(C(F)(F)F)cn2)CC1. The molecule has 2 heterocycles. The van der Waals surface area contributed by atoms with Gasteiger partial charge in [0, 0.05) is 49.0 Å². The Balaban J connectivity index is 1.63. The van der Waals surface area contributed by atoms with Crippen LogP contribution in [0.25, 0.3) is 0 Å². The third kappa shape index (κ3) is 4.04. The second-order valence-corrected chi connectivity index (χ2v) is 6.12. The Hall–Kier alpha value is -2.29. The van der Waals surface area contributed by atoms with Crippen molar-refractivity contribution in [1.82, 2.24) is 14.9 Å². The zero-order valence-corrected chi connectivity index (χ0v) is 14.0. The number of alkyl halides is 3. The Bertz CT molecular complexity index is 759. The van der Waals surface area contributed by atoms with E-state index in [4.69, 9.17) is 0 Å². The van der Waals surface area contributed by atoms with E-state index in [1.165, 1.54) is 0 Å². The summed E-state index contributed by atoms with van der Waals surface area (Å²) in [5.41, 5.74) is -0.316. The molecule has 25 heavy (non-hydrogen) atoms. The summed E-state index contributed by atoms with van der Waals surface area (Å²) in [6.45, 7) is 1.80. The Morgan fingerprint density at radius 1 is 1.08 bits per heavy atom. The number of carbonyl (C=O) groups is 1. The second kappa shape index (κ2) is 6.91. The predicted molar refractivity (Wildman–Crippen MR) is 88.8 cm³/mol. The molecule has 1 amide bonds. The summed E-state index contributed by atoms with van der Waals surface area (Å²) in [4.78, 5) is 24.2. The Kier molecular flexibility index (Phi) is 4.85. The molecule has 0 saturated carbocycles. The molecule has 3 rings (SSSR count). The van der Waals surface area contributed by atoms with E-state index in [-0.39, 0.29) is 11.9 Å². The molecule has 1 aliphatic heterocycles. The molecule has 5 nitrogen and oxygen atoms in total. The largest absolute Gasteiger partial charge is 0.419 e. The number of hydrogen-bond acceptors (Lipinski definition) is 5. The number of aromatic nitrogens is 2. The molecule has 132 valence electrons. The minimum absolute atomic E-state index is 0.0936. The van der Waals surface area contributed by atoms with Gasteiger partial charge in [-0.1, -0.05) is 6.07 Å². The Morgan fingerprint density at radius 3 is 2.28 bits per heavy atom. The molecule has 1 aromatic carbocycles. The molecule has 0 N–H and O–H groups in total. The van der Waals surface area contributed by atoms with E-state index in [0.717, 1.165) is 12.4 Å². The lowest BCUT2D eigenvalue weighted by Crippen LogP contribution is -2.49. The van der Waals surface area contributed by atoms with Crippen LogP contribution in [0.2, 0.25) is 0 Å². The van der Waals surface area contributed by atoms with Crippen molar-refractivity contribution in [3.05, 3.63) is 47.8 Å². The van der Waals surface area contributed by atoms with Gasteiger partial charge < -0.3 is 9.80 Å². The number of benzene rings is 1. The zero-order chi connectivity index (χ0) is 18.0. The van der Waals surface area contributed by atoms with Crippen molar-refractivity contribution >= 4 is 24.5 Å². The minimum atomic E-state index is -4.45. The normalized spacial score (nSPS) is 15.4. The lowest BCUT2D eigenvalue weighted by molar-refractivity contribution is -0.138. The summed E-state index contributed by atoms with van der Waals surface area (Å²) in [7, 11) is 0. The van der Waals surface area contributed by atoms with Gasteiger partial charge in [-0.05, 0) is 18.2 Å². The van der Waals surface area contributed by atoms with Crippen LogP contribution in [-0.2, 0) is 6.18 Å². The van der Waals surface area contributed by atoms with Gasteiger partial charge in [-0.2, -0.15) is 13.2 Å². The summed E-state index contributed by atoms with van der Waals surface area (Å²) < 4.78 is 37.6. The molecule has 1 aromatic heterocycles. The number of piperazine rings is 1. The fourth-order valence-corrected chi connectivity index (χ4v) is 2.79. The smallest absolute Gasteiger partial charge is 0.337 e. The fraction of sp³-hybridized carbons (Fsp3) is 0.312. The maximum absolute atomic E-state index is 12.5. The maximum Gasteiger partial charge on any atom is 0.419 e. The molecule has 0 unspecified atom stereocenters. The summed E-state index contributed by atoms with van der Waals surface area (Å²) >= 11 is 4.23. The molecule has 0 bridgehead atoms. The van der Waals surface area contributed by atoms with Gasteiger partial charge >= 0.3 is 6.18 Å². The highest BCUT2D eigenvalue weighted by molar-refractivity contribution is 7.80. The Labute approximate surface area is 147 Å². The van der Waals surface area contributed by atoms with Gasteiger partial charge in [0.25, 0.3) is 5.91 Å². The van der Waals surface area contributed by atoms with Crippen LogP contribution >= 0.6 is 12.6 Å². The van der Waals surface area contributed by atoms with Crippen molar-refractivity contribution in [1.29, 1.82) is 0 Å².